The Kier molecular flexibility index (Phi) is 4.53. The SMILES string of the molecule is CN(c1ccc(C(=O)N2CC[NH+](C)CC2)cc1)S(C)(=O)=O. The van der Waals surface area contributed by atoms with E-state index in [-0.39, 0.29) is 5.91 Å². The third-order valence-corrected chi connectivity index (χ3v) is 5.09. The number of quaternary nitrogens is 1. The minimum absolute atomic E-state index is 0.0102. The van der Waals surface area contributed by atoms with Gasteiger partial charge in [-0.05, 0) is 24.3 Å². The average molecular weight is 312 g/mol. The summed E-state index contributed by atoms with van der Waals surface area (Å²) >= 11 is 0. The van der Waals surface area contributed by atoms with Crippen molar-refractivity contribution in [3.8, 4) is 0 Å². The van der Waals surface area contributed by atoms with Crippen molar-refractivity contribution in [2.75, 3.05) is 50.8 Å². The maximum absolute atomic E-state index is 12.4. The molecule has 0 atom stereocenters. The second-order valence-electron chi connectivity index (χ2n) is 5.53. The number of hydrogen-bond donors (Lipinski definition) is 1. The van der Waals surface area contributed by atoms with Gasteiger partial charge in [0.1, 0.15) is 0 Å². The number of likely N-dealkylation sites (N-methyl/N-ethyl adjacent to an activating group) is 1. The molecule has 1 aromatic carbocycles. The van der Waals surface area contributed by atoms with Gasteiger partial charge in [-0.25, -0.2) is 8.42 Å². The van der Waals surface area contributed by atoms with E-state index in [2.05, 4.69) is 7.05 Å². The number of anilines is 1. The van der Waals surface area contributed by atoms with Crippen molar-refractivity contribution in [3.05, 3.63) is 29.8 Å². The zero-order chi connectivity index (χ0) is 15.6. The molecule has 1 aromatic rings. The Balaban J connectivity index is 2.10. The first-order valence-electron chi connectivity index (χ1n) is 6.93. The first-order valence-corrected chi connectivity index (χ1v) is 8.78. The van der Waals surface area contributed by atoms with Gasteiger partial charge in [-0.1, -0.05) is 0 Å². The second-order valence-corrected chi connectivity index (χ2v) is 7.54. The molecule has 0 aromatic heterocycles. The molecule has 0 saturated carbocycles. The minimum Gasteiger partial charge on any atom is -0.334 e. The van der Waals surface area contributed by atoms with Gasteiger partial charge in [0.25, 0.3) is 5.91 Å². The number of carbonyl (C=O) groups is 1. The Hall–Kier alpha value is -1.60. The van der Waals surface area contributed by atoms with Gasteiger partial charge < -0.3 is 9.80 Å². The van der Waals surface area contributed by atoms with Gasteiger partial charge in [-0.3, -0.25) is 9.10 Å². The van der Waals surface area contributed by atoms with Crippen molar-refractivity contribution in [1.82, 2.24) is 4.90 Å². The summed E-state index contributed by atoms with van der Waals surface area (Å²) in [5.41, 5.74) is 1.15. The summed E-state index contributed by atoms with van der Waals surface area (Å²) in [7, 11) is 0.338. The molecule has 1 heterocycles. The molecule has 0 aliphatic carbocycles. The van der Waals surface area contributed by atoms with Gasteiger partial charge in [0.2, 0.25) is 10.0 Å². The quantitative estimate of drug-likeness (QED) is 0.783. The van der Waals surface area contributed by atoms with E-state index in [0.717, 1.165) is 32.4 Å². The maximum Gasteiger partial charge on any atom is 0.254 e. The van der Waals surface area contributed by atoms with Crippen molar-refractivity contribution < 1.29 is 18.1 Å². The summed E-state index contributed by atoms with van der Waals surface area (Å²) in [6.45, 7) is 3.44. The van der Waals surface area contributed by atoms with Crippen LogP contribution >= 0.6 is 0 Å². The number of sulfonamides is 1. The number of piperazine rings is 1. The Morgan fingerprint density at radius 1 is 1.19 bits per heavy atom. The first kappa shape index (κ1) is 15.8. The molecule has 1 saturated heterocycles. The molecule has 0 unspecified atom stereocenters. The van der Waals surface area contributed by atoms with Crippen LogP contribution in [0, 0.1) is 0 Å². The van der Waals surface area contributed by atoms with Crippen LogP contribution in [0.1, 0.15) is 10.4 Å². The van der Waals surface area contributed by atoms with Crippen LogP contribution < -0.4 is 9.21 Å². The van der Waals surface area contributed by atoms with E-state index in [4.69, 9.17) is 0 Å². The highest BCUT2D eigenvalue weighted by Gasteiger charge is 2.22. The lowest BCUT2D eigenvalue weighted by Gasteiger charge is -2.30. The number of nitrogens with one attached hydrogen (secondary N) is 1. The highest BCUT2D eigenvalue weighted by Crippen LogP contribution is 2.17. The monoisotopic (exact) mass is 312 g/mol. The lowest BCUT2D eigenvalue weighted by atomic mass is 10.1. The molecule has 0 radical (unpaired) electrons. The molecule has 0 spiro atoms. The molecule has 7 heteroatoms. The van der Waals surface area contributed by atoms with Crippen molar-refractivity contribution >= 4 is 21.6 Å². The van der Waals surface area contributed by atoms with E-state index in [1.165, 1.54) is 16.3 Å². The summed E-state index contributed by atoms with van der Waals surface area (Å²) in [5, 5.41) is 0. The van der Waals surface area contributed by atoms with Gasteiger partial charge in [-0.2, -0.15) is 0 Å². The first-order chi connectivity index (χ1) is 9.79. The Bertz CT molecular complexity index is 605. The zero-order valence-electron chi connectivity index (χ0n) is 12.7. The molecule has 2 rings (SSSR count). The largest absolute Gasteiger partial charge is 0.334 e. The molecule has 21 heavy (non-hydrogen) atoms. The fraction of sp³-hybridized carbons (Fsp3) is 0.500. The maximum atomic E-state index is 12.4. The third kappa shape index (κ3) is 3.74. The van der Waals surface area contributed by atoms with Gasteiger partial charge in [0.05, 0.1) is 45.2 Å². The van der Waals surface area contributed by atoms with Crippen LogP contribution in [0.4, 0.5) is 5.69 Å². The van der Waals surface area contributed by atoms with Crippen LogP contribution in [0.15, 0.2) is 24.3 Å². The van der Waals surface area contributed by atoms with Gasteiger partial charge in [0.15, 0.2) is 0 Å². The summed E-state index contributed by atoms with van der Waals surface area (Å²) in [5.74, 6) is 0.0102. The molecule has 1 fully saturated rings. The number of benzene rings is 1. The summed E-state index contributed by atoms with van der Waals surface area (Å²) in [4.78, 5) is 15.7. The number of amides is 1. The highest BCUT2D eigenvalue weighted by atomic mass is 32.2. The molecule has 0 bridgehead atoms. The molecule has 116 valence electrons. The van der Waals surface area contributed by atoms with E-state index in [9.17, 15) is 13.2 Å². The van der Waals surface area contributed by atoms with Crippen molar-refractivity contribution in [3.63, 3.8) is 0 Å². The van der Waals surface area contributed by atoms with E-state index in [1.807, 2.05) is 4.90 Å². The molecule has 1 N–H and O–H groups in total. The van der Waals surface area contributed by atoms with Crippen LogP contribution in [0.5, 0.6) is 0 Å². The van der Waals surface area contributed by atoms with E-state index in [1.54, 1.807) is 24.3 Å². The van der Waals surface area contributed by atoms with Crippen LogP contribution in [-0.4, -0.2) is 65.8 Å². The topological polar surface area (TPSA) is 62.1 Å². The predicted octanol–water partition coefficient (Wildman–Crippen LogP) is -0.947. The Morgan fingerprint density at radius 3 is 2.19 bits per heavy atom. The van der Waals surface area contributed by atoms with Gasteiger partial charge >= 0.3 is 0 Å². The molecular formula is C14H22N3O3S+. The van der Waals surface area contributed by atoms with Crippen LogP contribution in [0.3, 0.4) is 0 Å². The van der Waals surface area contributed by atoms with Crippen LogP contribution in [0.25, 0.3) is 0 Å². The predicted molar refractivity (Wildman–Crippen MR) is 82.2 cm³/mol. The molecule has 1 amide bonds. The number of hydrogen-bond acceptors (Lipinski definition) is 3. The average Bonchev–Trinajstić information content (AvgIpc) is 2.46. The van der Waals surface area contributed by atoms with E-state index in [0.29, 0.717) is 11.3 Å². The van der Waals surface area contributed by atoms with Crippen molar-refractivity contribution in [2.24, 2.45) is 0 Å². The van der Waals surface area contributed by atoms with E-state index >= 15 is 0 Å². The number of rotatable bonds is 3. The van der Waals surface area contributed by atoms with E-state index < -0.39 is 10.0 Å². The molecule has 6 nitrogen and oxygen atoms in total. The highest BCUT2D eigenvalue weighted by molar-refractivity contribution is 7.92. The summed E-state index contributed by atoms with van der Waals surface area (Å²) < 4.78 is 24.1. The normalized spacial score (nSPS) is 16.8. The van der Waals surface area contributed by atoms with Gasteiger partial charge in [0, 0.05) is 12.6 Å². The molecule has 1 aliphatic heterocycles. The molecule has 1 aliphatic rings. The summed E-state index contributed by atoms with van der Waals surface area (Å²) in [6.07, 6.45) is 1.15. The lowest BCUT2D eigenvalue weighted by Crippen LogP contribution is -3.12. The summed E-state index contributed by atoms with van der Waals surface area (Å²) in [6, 6.07) is 6.69. The smallest absolute Gasteiger partial charge is 0.254 e. The van der Waals surface area contributed by atoms with Crippen molar-refractivity contribution in [1.29, 1.82) is 0 Å². The fourth-order valence-corrected chi connectivity index (χ4v) is 2.78. The standard InChI is InChI=1S/C14H21N3O3S/c1-15-8-10-17(11-9-15)14(18)12-4-6-13(7-5-12)16(2)21(3,19)20/h4-7H,8-11H2,1-3H3/p+1. The number of carbonyl (C=O) groups excluding carboxylic acids is 1. The fourth-order valence-electron chi connectivity index (χ4n) is 2.28. The van der Waals surface area contributed by atoms with Crippen LogP contribution in [0.2, 0.25) is 0 Å². The number of nitrogens with zero attached hydrogens (tertiary/aromatic N) is 2. The third-order valence-electron chi connectivity index (χ3n) is 3.88. The van der Waals surface area contributed by atoms with Crippen molar-refractivity contribution in [2.45, 2.75) is 0 Å². The Morgan fingerprint density at radius 2 is 1.71 bits per heavy atom. The minimum atomic E-state index is -3.28. The molecular weight excluding hydrogens is 290 g/mol. The lowest BCUT2D eigenvalue weighted by molar-refractivity contribution is -0.883. The van der Waals surface area contributed by atoms with Crippen LogP contribution in [-0.2, 0) is 10.0 Å². The zero-order valence-corrected chi connectivity index (χ0v) is 13.5. The van der Waals surface area contributed by atoms with Gasteiger partial charge in [-0.15, -0.1) is 0 Å². The Labute approximate surface area is 126 Å². The second kappa shape index (κ2) is 6.03.